The van der Waals surface area contributed by atoms with Crippen LogP contribution in [-0.4, -0.2) is 54.1 Å². The molecule has 1 aliphatic rings. The van der Waals surface area contributed by atoms with Crippen LogP contribution in [0.1, 0.15) is 12.8 Å². The predicted molar refractivity (Wildman–Crippen MR) is 118 cm³/mol. The molecule has 0 bridgehead atoms. The van der Waals surface area contributed by atoms with Crippen molar-refractivity contribution in [1.29, 1.82) is 0 Å². The molecular weight excluding hydrogens is 392 g/mol. The first kappa shape index (κ1) is 19.6. The fourth-order valence-electron chi connectivity index (χ4n) is 4.13. The molecule has 0 aliphatic carbocycles. The van der Waals surface area contributed by atoms with Crippen molar-refractivity contribution in [3.05, 3.63) is 71.5 Å². The number of hydrogen-bond donors (Lipinski definition) is 1. The van der Waals surface area contributed by atoms with Gasteiger partial charge in [0.1, 0.15) is 11.6 Å². The molecule has 1 fully saturated rings. The average molecular weight is 416 g/mol. The Kier molecular flexibility index (Phi) is 5.09. The van der Waals surface area contributed by atoms with Crippen molar-refractivity contribution in [3.8, 4) is 16.9 Å². The Hall–Kier alpha value is -3.36. The Morgan fingerprint density at radius 2 is 1.94 bits per heavy atom. The summed E-state index contributed by atoms with van der Waals surface area (Å²) in [6.07, 6.45) is 6.02. The van der Waals surface area contributed by atoms with E-state index in [1.165, 1.54) is 0 Å². The molecule has 1 aromatic carbocycles. The van der Waals surface area contributed by atoms with Crippen molar-refractivity contribution in [2.45, 2.75) is 25.6 Å². The van der Waals surface area contributed by atoms with Gasteiger partial charge in [-0.25, -0.2) is 9.67 Å². The number of pyridine rings is 1. The topological polar surface area (TPSA) is 89.1 Å². The van der Waals surface area contributed by atoms with Gasteiger partial charge in [0.15, 0.2) is 5.65 Å². The molecule has 1 saturated heterocycles. The van der Waals surface area contributed by atoms with Gasteiger partial charge < -0.3 is 5.11 Å². The SMILES string of the molecule is CN1CCC(Cn2cnc3c(cnn3-c3ccc(-c4ccccc4)nc3)c2=O)CC1O. The van der Waals surface area contributed by atoms with Crippen LogP contribution in [0.3, 0.4) is 0 Å². The number of nitrogens with zero attached hydrogens (tertiary/aromatic N) is 6. The zero-order chi connectivity index (χ0) is 21.4. The molecule has 3 aromatic heterocycles. The molecule has 4 aromatic rings. The van der Waals surface area contributed by atoms with E-state index in [1.54, 1.807) is 28.0 Å². The summed E-state index contributed by atoms with van der Waals surface area (Å²) < 4.78 is 3.27. The highest BCUT2D eigenvalue weighted by Crippen LogP contribution is 2.22. The van der Waals surface area contributed by atoms with Gasteiger partial charge >= 0.3 is 0 Å². The van der Waals surface area contributed by atoms with E-state index in [9.17, 15) is 9.90 Å². The van der Waals surface area contributed by atoms with Crippen molar-refractivity contribution in [3.63, 3.8) is 0 Å². The molecule has 31 heavy (non-hydrogen) atoms. The molecule has 8 heteroatoms. The van der Waals surface area contributed by atoms with E-state index in [4.69, 9.17) is 0 Å². The highest BCUT2D eigenvalue weighted by molar-refractivity contribution is 5.75. The Morgan fingerprint density at radius 3 is 2.68 bits per heavy atom. The quantitative estimate of drug-likeness (QED) is 0.549. The molecule has 1 aliphatic heterocycles. The predicted octanol–water partition coefficient (Wildman–Crippen LogP) is 2.30. The zero-order valence-electron chi connectivity index (χ0n) is 17.3. The molecule has 1 N–H and O–H groups in total. The van der Waals surface area contributed by atoms with Gasteiger partial charge in [0.2, 0.25) is 0 Å². The van der Waals surface area contributed by atoms with Crippen LogP contribution >= 0.6 is 0 Å². The maximum absolute atomic E-state index is 13.0. The number of hydrogen-bond acceptors (Lipinski definition) is 6. The van der Waals surface area contributed by atoms with Gasteiger partial charge in [-0.05, 0) is 37.9 Å². The monoisotopic (exact) mass is 416 g/mol. The molecule has 0 radical (unpaired) electrons. The third-order valence-corrected chi connectivity index (χ3v) is 6.01. The van der Waals surface area contributed by atoms with E-state index in [0.29, 0.717) is 24.0 Å². The van der Waals surface area contributed by atoms with Crippen molar-refractivity contribution in [2.75, 3.05) is 13.6 Å². The van der Waals surface area contributed by atoms with Crippen molar-refractivity contribution >= 4 is 11.0 Å². The first-order chi connectivity index (χ1) is 15.1. The van der Waals surface area contributed by atoms with Crippen molar-refractivity contribution in [2.24, 2.45) is 5.92 Å². The molecule has 8 nitrogen and oxygen atoms in total. The average Bonchev–Trinajstić information content (AvgIpc) is 3.24. The number of fused-ring (bicyclic) bond motifs is 1. The molecule has 0 amide bonds. The number of rotatable bonds is 4. The van der Waals surface area contributed by atoms with Gasteiger partial charge in [-0.3, -0.25) is 19.2 Å². The number of benzene rings is 1. The lowest BCUT2D eigenvalue weighted by atomic mass is 9.96. The smallest absolute Gasteiger partial charge is 0.264 e. The maximum atomic E-state index is 13.0. The second kappa shape index (κ2) is 8.05. The Balaban J connectivity index is 1.42. The fourth-order valence-corrected chi connectivity index (χ4v) is 4.13. The maximum Gasteiger partial charge on any atom is 0.264 e. The minimum atomic E-state index is -0.458. The second-order valence-electron chi connectivity index (χ2n) is 8.12. The van der Waals surface area contributed by atoms with Gasteiger partial charge in [0, 0.05) is 18.7 Å². The number of aliphatic hydroxyl groups is 1. The van der Waals surface area contributed by atoms with Crippen LogP contribution in [0.4, 0.5) is 0 Å². The normalized spacial score (nSPS) is 19.7. The molecular formula is C23H24N6O2. The summed E-state index contributed by atoms with van der Waals surface area (Å²) in [4.78, 5) is 24.0. The lowest BCUT2D eigenvalue weighted by molar-refractivity contribution is -0.0289. The number of likely N-dealkylation sites (tertiary alicyclic amines) is 1. The highest BCUT2D eigenvalue weighted by atomic mass is 16.3. The van der Waals surface area contributed by atoms with E-state index in [-0.39, 0.29) is 11.5 Å². The summed E-state index contributed by atoms with van der Waals surface area (Å²) in [7, 11) is 1.91. The lowest BCUT2D eigenvalue weighted by Gasteiger charge is -2.33. The van der Waals surface area contributed by atoms with E-state index in [0.717, 1.165) is 29.9 Å². The van der Waals surface area contributed by atoms with Crippen LogP contribution in [0.25, 0.3) is 28.0 Å². The Morgan fingerprint density at radius 1 is 1.10 bits per heavy atom. The molecule has 2 atom stereocenters. The van der Waals surface area contributed by atoms with Gasteiger partial charge in [0.05, 0.1) is 30.1 Å². The number of piperidine rings is 1. The minimum Gasteiger partial charge on any atom is -0.378 e. The molecule has 4 heterocycles. The molecule has 0 spiro atoms. The van der Waals surface area contributed by atoms with Gasteiger partial charge in [-0.15, -0.1) is 0 Å². The van der Waals surface area contributed by atoms with E-state index < -0.39 is 6.23 Å². The summed E-state index contributed by atoms with van der Waals surface area (Å²) in [6.45, 7) is 1.37. The van der Waals surface area contributed by atoms with Crippen LogP contribution < -0.4 is 5.56 Å². The first-order valence-electron chi connectivity index (χ1n) is 10.4. The third kappa shape index (κ3) is 3.75. The lowest BCUT2D eigenvalue weighted by Crippen LogP contribution is -2.41. The molecule has 0 saturated carbocycles. The van der Waals surface area contributed by atoms with Crippen molar-refractivity contribution in [1.82, 2.24) is 29.2 Å². The first-order valence-corrected chi connectivity index (χ1v) is 10.4. The molecule has 2 unspecified atom stereocenters. The summed E-state index contributed by atoms with van der Waals surface area (Å²) in [5.41, 5.74) is 3.06. The Bertz CT molecular complexity index is 1250. The highest BCUT2D eigenvalue weighted by Gasteiger charge is 2.25. The summed E-state index contributed by atoms with van der Waals surface area (Å²) in [6, 6.07) is 13.8. The minimum absolute atomic E-state index is 0.112. The summed E-state index contributed by atoms with van der Waals surface area (Å²) in [5.74, 6) is 0.243. The Labute approximate surface area is 179 Å². The van der Waals surface area contributed by atoms with Gasteiger partial charge in [-0.2, -0.15) is 5.10 Å². The van der Waals surface area contributed by atoms with Gasteiger partial charge in [-0.1, -0.05) is 30.3 Å². The number of aliphatic hydroxyl groups excluding tert-OH is 1. The molecule has 5 rings (SSSR count). The fraction of sp³-hybridized carbons (Fsp3) is 0.304. The largest absolute Gasteiger partial charge is 0.378 e. The molecule has 158 valence electrons. The standard InChI is InChI=1S/C23H24N6O2/c1-27-10-9-16(11-21(27)30)14-28-15-25-22-19(23(28)31)13-26-29(22)18-7-8-20(24-12-18)17-5-3-2-4-6-17/h2-8,12-13,15-16,21,30H,9-11,14H2,1H3. The van der Waals surface area contributed by atoms with Crippen LogP contribution in [0.5, 0.6) is 0 Å². The van der Waals surface area contributed by atoms with Crippen LogP contribution in [0.15, 0.2) is 66.0 Å². The van der Waals surface area contributed by atoms with Crippen LogP contribution in [-0.2, 0) is 6.54 Å². The number of aromatic nitrogens is 5. The van der Waals surface area contributed by atoms with E-state index in [2.05, 4.69) is 15.1 Å². The van der Waals surface area contributed by atoms with Crippen molar-refractivity contribution < 1.29 is 5.11 Å². The van der Waals surface area contributed by atoms with Crippen LogP contribution in [0.2, 0.25) is 0 Å². The van der Waals surface area contributed by atoms with Crippen LogP contribution in [0, 0.1) is 5.92 Å². The third-order valence-electron chi connectivity index (χ3n) is 6.01. The van der Waals surface area contributed by atoms with E-state index >= 15 is 0 Å². The van der Waals surface area contributed by atoms with Gasteiger partial charge in [0.25, 0.3) is 5.56 Å². The van der Waals surface area contributed by atoms with E-state index in [1.807, 2.05) is 54.4 Å². The summed E-state index contributed by atoms with van der Waals surface area (Å²) >= 11 is 0. The second-order valence-corrected chi connectivity index (χ2v) is 8.12. The summed E-state index contributed by atoms with van der Waals surface area (Å²) in [5, 5.41) is 15.0. The zero-order valence-corrected chi connectivity index (χ0v) is 17.3.